The highest BCUT2D eigenvalue weighted by atomic mass is 32.2. The van der Waals surface area contributed by atoms with E-state index in [2.05, 4.69) is 22.3 Å². The molecule has 0 aromatic heterocycles. The fourth-order valence-electron chi connectivity index (χ4n) is 4.11. The van der Waals surface area contributed by atoms with Gasteiger partial charge in [-0.2, -0.15) is 0 Å². The zero-order valence-electron chi connectivity index (χ0n) is 20.5. The van der Waals surface area contributed by atoms with E-state index in [0.29, 0.717) is 17.2 Å². The molecule has 4 N–H and O–H groups in total. The summed E-state index contributed by atoms with van der Waals surface area (Å²) in [5, 5.41) is 15.1. The molecule has 1 aliphatic rings. The number of carboxylic acids is 1. The fourth-order valence-corrected chi connectivity index (χ4v) is 5.19. The van der Waals surface area contributed by atoms with Gasteiger partial charge in [0.2, 0.25) is 0 Å². The molecule has 3 aromatic rings. The summed E-state index contributed by atoms with van der Waals surface area (Å²) in [7, 11) is -1.71. The number of rotatable bonds is 6. The molecular weight excluding hydrogens is 462 g/mol. The molecule has 4 rings (SSSR count). The predicted molar refractivity (Wildman–Crippen MR) is 141 cm³/mol. The Kier molecular flexibility index (Phi) is 8.53. The van der Waals surface area contributed by atoms with Crippen molar-refractivity contribution in [1.29, 1.82) is 0 Å². The van der Waals surface area contributed by atoms with E-state index in [1.165, 1.54) is 0 Å². The van der Waals surface area contributed by atoms with E-state index in [9.17, 15) is 13.2 Å². The van der Waals surface area contributed by atoms with Crippen LogP contribution >= 0.6 is 0 Å². The summed E-state index contributed by atoms with van der Waals surface area (Å²) in [6, 6.07) is 19.3. The van der Waals surface area contributed by atoms with E-state index in [4.69, 9.17) is 5.11 Å². The van der Waals surface area contributed by atoms with Gasteiger partial charge in [0.15, 0.2) is 0 Å². The SMILES string of the molecule is CC[C@H]1CNc2ccc(S(=O)(=O)Nc3ccc(C)c(C)c3)cc2[C@H]1NC.O=C(O)c1ccccc1. The highest BCUT2D eigenvalue weighted by molar-refractivity contribution is 7.92. The average Bonchev–Trinajstić information content (AvgIpc) is 2.85. The molecule has 2 atom stereocenters. The summed E-state index contributed by atoms with van der Waals surface area (Å²) in [6.45, 7) is 7.03. The molecule has 0 spiro atoms. The number of nitrogens with one attached hydrogen (secondary N) is 3. The Morgan fingerprint density at radius 3 is 2.31 bits per heavy atom. The van der Waals surface area contributed by atoms with E-state index in [-0.39, 0.29) is 10.9 Å². The van der Waals surface area contributed by atoms with Crippen molar-refractivity contribution in [3.8, 4) is 0 Å². The summed E-state index contributed by atoms with van der Waals surface area (Å²) < 4.78 is 28.5. The third kappa shape index (κ3) is 6.41. The fraction of sp³-hybridized carbons (Fsp3) is 0.296. The minimum Gasteiger partial charge on any atom is -0.478 e. The topological polar surface area (TPSA) is 108 Å². The van der Waals surface area contributed by atoms with Crippen LogP contribution in [0.2, 0.25) is 0 Å². The number of carbonyl (C=O) groups is 1. The van der Waals surface area contributed by atoms with Crippen molar-refractivity contribution in [2.75, 3.05) is 23.6 Å². The Morgan fingerprint density at radius 2 is 1.74 bits per heavy atom. The van der Waals surface area contributed by atoms with Gasteiger partial charge in [-0.25, -0.2) is 13.2 Å². The number of benzene rings is 3. The van der Waals surface area contributed by atoms with E-state index < -0.39 is 16.0 Å². The Balaban J connectivity index is 0.000000320. The van der Waals surface area contributed by atoms with Crippen LogP contribution in [-0.2, 0) is 10.0 Å². The van der Waals surface area contributed by atoms with Crippen LogP contribution in [0.1, 0.15) is 46.4 Å². The van der Waals surface area contributed by atoms with Crippen LogP contribution in [0.5, 0.6) is 0 Å². The molecule has 35 heavy (non-hydrogen) atoms. The number of aryl methyl sites for hydroxylation is 2. The van der Waals surface area contributed by atoms with Gasteiger partial charge in [0, 0.05) is 24.0 Å². The van der Waals surface area contributed by atoms with Crippen molar-refractivity contribution in [2.45, 2.75) is 38.1 Å². The molecular formula is C27H33N3O4S. The minimum absolute atomic E-state index is 0.146. The molecule has 186 valence electrons. The predicted octanol–water partition coefficient (Wildman–Crippen LogP) is 5.20. The first-order valence-corrected chi connectivity index (χ1v) is 13.1. The van der Waals surface area contributed by atoms with Crippen LogP contribution in [-0.4, -0.2) is 33.1 Å². The van der Waals surface area contributed by atoms with E-state index in [1.807, 2.05) is 39.1 Å². The molecule has 1 heterocycles. The van der Waals surface area contributed by atoms with Crippen molar-refractivity contribution < 1.29 is 18.3 Å². The van der Waals surface area contributed by atoms with Gasteiger partial charge >= 0.3 is 5.97 Å². The number of hydrogen-bond donors (Lipinski definition) is 4. The molecule has 3 aromatic carbocycles. The standard InChI is InChI=1S/C20H27N3O2S.C7H6O2/c1-5-15-12-22-19-9-8-17(11-18(19)20(15)21-4)26(24,25)23-16-7-6-13(2)14(3)10-16;8-7(9)6-4-2-1-3-5-6/h6-11,15,20-23H,5,12H2,1-4H3;1-5H,(H,8,9)/t15-,20-;/m0./s1. The molecule has 8 heteroatoms. The maximum Gasteiger partial charge on any atom is 0.335 e. The summed E-state index contributed by atoms with van der Waals surface area (Å²) in [6.07, 6.45) is 1.02. The van der Waals surface area contributed by atoms with Crippen LogP contribution in [0.25, 0.3) is 0 Å². The first-order valence-electron chi connectivity index (χ1n) is 11.6. The molecule has 0 amide bonds. The average molecular weight is 496 g/mol. The van der Waals surface area contributed by atoms with Crippen molar-refractivity contribution in [3.05, 3.63) is 89.0 Å². The molecule has 7 nitrogen and oxygen atoms in total. The van der Waals surface area contributed by atoms with E-state index >= 15 is 0 Å². The summed E-state index contributed by atoms with van der Waals surface area (Å²) in [4.78, 5) is 10.5. The van der Waals surface area contributed by atoms with Gasteiger partial charge < -0.3 is 15.7 Å². The molecule has 0 saturated carbocycles. The first kappa shape index (κ1) is 26.2. The molecule has 0 aliphatic carbocycles. The Hall–Kier alpha value is -3.36. The highest BCUT2D eigenvalue weighted by Crippen LogP contribution is 2.36. The second-order valence-corrected chi connectivity index (χ2v) is 10.3. The Morgan fingerprint density at radius 1 is 1.03 bits per heavy atom. The van der Waals surface area contributed by atoms with Gasteiger partial charge in [-0.15, -0.1) is 0 Å². The molecule has 0 bridgehead atoms. The van der Waals surface area contributed by atoms with Gasteiger partial charge in [-0.3, -0.25) is 4.72 Å². The van der Waals surface area contributed by atoms with Crippen molar-refractivity contribution in [3.63, 3.8) is 0 Å². The van der Waals surface area contributed by atoms with Crippen LogP contribution in [0.3, 0.4) is 0 Å². The smallest absolute Gasteiger partial charge is 0.335 e. The molecule has 1 aliphatic heterocycles. The van der Waals surface area contributed by atoms with Crippen LogP contribution < -0.4 is 15.4 Å². The number of anilines is 2. The number of aromatic carboxylic acids is 1. The second kappa shape index (κ2) is 11.4. The van der Waals surface area contributed by atoms with Gasteiger partial charge in [0.1, 0.15) is 0 Å². The number of hydrogen-bond acceptors (Lipinski definition) is 5. The van der Waals surface area contributed by atoms with Gasteiger partial charge in [-0.1, -0.05) is 31.2 Å². The van der Waals surface area contributed by atoms with Crippen molar-refractivity contribution >= 4 is 27.4 Å². The lowest BCUT2D eigenvalue weighted by atomic mass is 9.87. The molecule has 0 saturated heterocycles. The highest BCUT2D eigenvalue weighted by Gasteiger charge is 2.28. The van der Waals surface area contributed by atoms with Gasteiger partial charge in [-0.05, 0) is 92.4 Å². The lowest BCUT2D eigenvalue weighted by molar-refractivity contribution is 0.0697. The first-order chi connectivity index (χ1) is 16.7. The monoisotopic (exact) mass is 495 g/mol. The summed E-state index contributed by atoms with van der Waals surface area (Å²) >= 11 is 0. The van der Waals surface area contributed by atoms with E-state index in [1.54, 1.807) is 48.5 Å². The van der Waals surface area contributed by atoms with Crippen molar-refractivity contribution in [2.24, 2.45) is 5.92 Å². The quantitative estimate of drug-likeness (QED) is 0.374. The third-order valence-electron chi connectivity index (χ3n) is 6.31. The third-order valence-corrected chi connectivity index (χ3v) is 7.69. The second-order valence-electron chi connectivity index (χ2n) is 8.64. The molecule has 0 fully saturated rings. The lowest BCUT2D eigenvalue weighted by Crippen LogP contribution is -2.34. The van der Waals surface area contributed by atoms with Gasteiger partial charge in [0.25, 0.3) is 10.0 Å². The summed E-state index contributed by atoms with van der Waals surface area (Å²) in [5.74, 6) is -0.450. The van der Waals surface area contributed by atoms with Gasteiger partial charge in [0.05, 0.1) is 10.5 Å². The van der Waals surface area contributed by atoms with Crippen LogP contribution in [0.4, 0.5) is 11.4 Å². The molecule has 0 unspecified atom stereocenters. The van der Waals surface area contributed by atoms with Crippen molar-refractivity contribution in [1.82, 2.24) is 5.32 Å². The lowest BCUT2D eigenvalue weighted by Gasteiger charge is -2.34. The van der Waals surface area contributed by atoms with Crippen LogP contribution in [0.15, 0.2) is 71.6 Å². The minimum atomic E-state index is -3.64. The maximum atomic E-state index is 12.9. The Labute approximate surface area is 207 Å². The Bertz CT molecular complexity index is 1280. The number of carboxylic acid groups (broad SMARTS) is 1. The number of fused-ring (bicyclic) bond motifs is 1. The number of sulfonamides is 1. The molecule has 0 radical (unpaired) electrons. The van der Waals surface area contributed by atoms with Crippen LogP contribution in [0, 0.1) is 19.8 Å². The summed E-state index contributed by atoms with van der Waals surface area (Å²) in [5.41, 5.74) is 5.11. The zero-order valence-corrected chi connectivity index (χ0v) is 21.3. The largest absolute Gasteiger partial charge is 0.478 e. The zero-order chi connectivity index (χ0) is 25.6. The normalized spacial score (nSPS) is 16.8. The van der Waals surface area contributed by atoms with E-state index in [0.717, 1.165) is 35.3 Å². The maximum absolute atomic E-state index is 12.9.